The van der Waals surface area contributed by atoms with Crippen molar-refractivity contribution < 1.29 is 4.79 Å². The lowest BCUT2D eigenvalue weighted by Gasteiger charge is -2.05. The zero-order chi connectivity index (χ0) is 12.8. The number of rotatable bonds is 4. The van der Waals surface area contributed by atoms with E-state index in [1.807, 2.05) is 18.2 Å². The molecule has 2 rings (SSSR count). The third kappa shape index (κ3) is 4.16. The van der Waals surface area contributed by atoms with E-state index in [1.165, 1.54) is 17.3 Å². The van der Waals surface area contributed by atoms with E-state index in [0.717, 1.165) is 18.0 Å². The van der Waals surface area contributed by atoms with Crippen LogP contribution in [0.4, 0.5) is 0 Å². The van der Waals surface area contributed by atoms with Crippen LogP contribution in [0.25, 0.3) is 0 Å². The molecule has 18 heavy (non-hydrogen) atoms. The maximum absolute atomic E-state index is 11.0. The quantitative estimate of drug-likeness (QED) is 0.651. The van der Waals surface area contributed by atoms with Crippen LogP contribution in [0.5, 0.6) is 0 Å². The highest BCUT2D eigenvalue weighted by Crippen LogP contribution is 2.18. The fourth-order valence-corrected chi connectivity index (χ4v) is 2.62. The lowest BCUT2D eigenvalue weighted by atomic mass is 10.1. The van der Waals surface area contributed by atoms with Crippen molar-refractivity contribution in [2.24, 2.45) is 0 Å². The predicted molar refractivity (Wildman–Crippen MR) is 79.4 cm³/mol. The van der Waals surface area contributed by atoms with Crippen LogP contribution in [0.1, 0.15) is 5.56 Å². The van der Waals surface area contributed by atoms with Crippen LogP contribution in [-0.2, 0) is 11.2 Å². The second kappa shape index (κ2) is 6.56. The molecule has 1 heterocycles. The lowest BCUT2D eigenvalue weighted by molar-refractivity contribution is -0.117. The van der Waals surface area contributed by atoms with Crippen molar-refractivity contribution >= 4 is 34.9 Å². The van der Waals surface area contributed by atoms with Gasteiger partial charge in [-0.1, -0.05) is 54.3 Å². The molecule has 0 radical (unpaired) electrons. The molecule has 0 saturated carbocycles. The van der Waals surface area contributed by atoms with Gasteiger partial charge in [0.15, 0.2) is 0 Å². The molecule has 5 heteroatoms. The van der Waals surface area contributed by atoms with Crippen LogP contribution in [0.3, 0.4) is 0 Å². The SMILES string of the molecule is O=C1CS/C(=C\C(=S)NCCc2ccccc2)N1. The number of thiocarbonyl (C=S) groups is 1. The van der Waals surface area contributed by atoms with Crippen molar-refractivity contribution in [2.45, 2.75) is 6.42 Å². The smallest absolute Gasteiger partial charge is 0.235 e. The molecular formula is C13H14N2OS2. The van der Waals surface area contributed by atoms with Crippen LogP contribution < -0.4 is 10.6 Å². The van der Waals surface area contributed by atoms with Crippen molar-refractivity contribution in [3.05, 3.63) is 47.0 Å². The first-order valence-corrected chi connectivity index (χ1v) is 7.09. The summed E-state index contributed by atoms with van der Waals surface area (Å²) in [6, 6.07) is 10.2. The van der Waals surface area contributed by atoms with Gasteiger partial charge < -0.3 is 10.6 Å². The first-order valence-electron chi connectivity index (χ1n) is 5.70. The molecule has 3 nitrogen and oxygen atoms in total. The minimum Gasteiger partial charge on any atom is -0.376 e. The number of hydrogen-bond donors (Lipinski definition) is 2. The monoisotopic (exact) mass is 278 g/mol. The summed E-state index contributed by atoms with van der Waals surface area (Å²) in [4.78, 5) is 11.7. The van der Waals surface area contributed by atoms with Gasteiger partial charge in [0.1, 0.15) is 4.99 Å². The molecule has 0 aromatic heterocycles. The maximum atomic E-state index is 11.0. The maximum Gasteiger partial charge on any atom is 0.235 e. The van der Waals surface area contributed by atoms with Crippen LogP contribution in [-0.4, -0.2) is 23.2 Å². The van der Waals surface area contributed by atoms with Gasteiger partial charge in [0.25, 0.3) is 0 Å². The van der Waals surface area contributed by atoms with Crippen molar-refractivity contribution in [1.29, 1.82) is 0 Å². The molecule has 0 bridgehead atoms. The van der Waals surface area contributed by atoms with Gasteiger partial charge in [-0.2, -0.15) is 0 Å². The number of thioether (sulfide) groups is 1. The fraction of sp³-hybridized carbons (Fsp3) is 0.231. The van der Waals surface area contributed by atoms with Crippen LogP contribution in [0, 0.1) is 0 Å². The molecule has 1 saturated heterocycles. The summed E-state index contributed by atoms with van der Waals surface area (Å²) >= 11 is 6.67. The van der Waals surface area contributed by atoms with E-state index in [-0.39, 0.29) is 5.91 Å². The van der Waals surface area contributed by atoms with Crippen molar-refractivity contribution in [1.82, 2.24) is 10.6 Å². The molecule has 0 unspecified atom stereocenters. The predicted octanol–water partition coefficient (Wildman–Crippen LogP) is 1.85. The molecule has 94 valence electrons. The van der Waals surface area contributed by atoms with E-state index in [2.05, 4.69) is 22.8 Å². The Kier molecular flexibility index (Phi) is 4.78. The van der Waals surface area contributed by atoms with Crippen molar-refractivity contribution in [3.8, 4) is 0 Å². The van der Waals surface area contributed by atoms with E-state index >= 15 is 0 Å². The molecule has 0 atom stereocenters. The van der Waals surface area contributed by atoms with Crippen molar-refractivity contribution in [3.63, 3.8) is 0 Å². The molecule has 0 spiro atoms. The summed E-state index contributed by atoms with van der Waals surface area (Å²) < 4.78 is 0. The number of nitrogens with one attached hydrogen (secondary N) is 2. The molecule has 1 aliphatic heterocycles. The number of hydrogen-bond acceptors (Lipinski definition) is 3. The van der Waals surface area contributed by atoms with Gasteiger partial charge >= 0.3 is 0 Å². The molecule has 2 N–H and O–H groups in total. The minimum absolute atomic E-state index is 0.0401. The van der Waals surface area contributed by atoms with E-state index in [1.54, 1.807) is 6.08 Å². The highest BCUT2D eigenvalue weighted by Gasteiger charge is 2.14. The Hall–Kier alpha value is -1.33. The second-order valence-corrected chi connectivity index (χ2v) is 5.33. The van der Waals surface area contributed by atoms with Crippen LogP contribution in [0.2, 0.25) is 0 Å². The van der Waals surface area contributed by atoms with Gasteiger partial charge in [0.05, 0.1) is 10.8 Å². The highest BCUT2D eigenvalue weighted by atomic mass is 32.2. The average Bonchev–Trinajstić information content (AvgIpc) is 2.76. The minimum atomic E-state index is 0.0401. The molecule has 0 aliphatic carbocycles. The standard InChI is InChI=1S/C13H14N2OS2/c16-11-9-18-13(15-11)8-12(17)14-7-6-10-4-2-1-3-5-10/h1-5,8H,6-7,9H2,(H,14,17)(H,15,16)/b13-8-. The summed E-state index contributed by atoms with van der Waals surface area (Å²) in [5, 5.41) is 6.74. The topological polar surface area (TPSA) is 41.1 Å². The van der Waals surface area contributed by atoms with Crippen LogP contribution in [0.15, 0.2) is 41.4 Å². The molecule has 1 aromatic carbocycles. The Bertz CT molecular complexity index is 471. The molecule has 1 aliphatic rings. The van der Waals surface area contributed by atoms with E-state index < -0.39 is 0 Å². The average molecular weight is 278 g/mol. The van der Waals surface area contributed by atoms with E-state index in [9.17, 15) is 4.79 Å². The summed E-state index contributed by atoms with van der Waals surface area (Å²) in [7, 11) is 0. The number of amides is 1. The Labute approximate surface area is 116 Å². The third-order valence-electron chi connectivity index (χ3n) is 2.44. The molecule has 1 fully saturated rings. The van der Waals surface area contributed by atoms with Gasteiger partial charge in [-0.15, -0.1) is 0 Å². The van der Waals surface area contributed by atoms with Crippen molar-refractivity contribution in [2.75, 3.05) is 12.3 Å². The summed E-state index contributed by atoms with van der Waals surface area (Å²) in [5.74, 6) is 0.525. The lowest BCUT2D eigenvalue weighted by Crippen LogP contribution is -2.23. The van der Waals surface area contributed by atoms with Gasteiger partial charge in [0, 0.05) is 12.6 Å². The first-order chi connectivity index (χ1) is 8.74. The van der Waals surface area contributed by atoms with E-state index in [4.69, 9.17) is 12.2 Å². The fourth-order valence-electron chi connectivity index (χ4n) is 1.58. The van der Waals surface area contributed by atoms with E-state index in [0.29, 0.717) is 10.7 Å². The summed E-state index contributed by atoms with van der Waals surface area (Å²) in [6.45, 7) is 0.797. The summed E-state index contributed by atoms with van der Waals surface area (Å²) in [6.07, 6.45) is 2.74. The largest absolute Gasteiger partial charge is 0.376 e. The summed E-state index contributed by atoms with van der Waals surface area (Å²) in [5.41, 5.74) is 1.28. The van der Waals surface area contributed by atoms with Gasteiger partial charge in [-0.3, -0.25) is 4.79 Å². The number of carbonyl (C=O) groups excluding carboxylic acids is 1. The van der Waals surface area contributed by atoms with Gasteiger partial charge in [-0.25, -0.2) is 0 Å². The highest BCUT2D eigenvalue weighted by molar-refractivity contribution is 8.04. The Morgan fingerprint density at radius 1 is 1.44 bits per heavy atom. The Morgan fingerprint density at radius 3 is 2.89 bits per heavy atom. The number of carbonyl (C=O) groups is 1. The Balaban J connectivity index is 1.74. The number of benzene rings is 1. The molecule has 1 amide bonds. The first kappa shape index (κ1) is 13.1. The van der Waals surface area contributed by atoms with Crippen LogP contribution >= 0.6 is 24.0 Å². The Morgan fingerprint density at radius 2 is 2.22 bits per heavy atom. The van der Waals surface area contributed by atoms with Gasteiger partial charge in [-0.05, 0) is 12.0 Å². The third-order valence-corrected chi connectivity index (χ3v) is 3.64. The second-order valence-electron chi connectivity index (χ2n) is 3.87. The zero-order valence-corrected chi connectivity index (χ0v) is 11.4. The normalized spacial score (nSPS) is 16.7. The molecule has 1 aromatic rings. The van der Waals surface area contributed by atoms with Gasteiger partial charge in [0.2, 0.25) is 5.91 Å². The zero-order valence-electron chi connectivity index (χ0n) is 9.81. The molecular weight excluding hydrogens is 264 g/mol.